The molecule has 120 valence electrons. The van der Waals surface area contributed by atoms with E-state index in [0.29, 0.717) is 5.75 Å². The molecule has 0 fully saturated rings. The summed E-state index contributed by atoms with van der Waals surface area (Å²) in [5, 5.41) is 9.47. The molecule has 21 heavy (non-hydrogen) atoms. The Bertz CT molecular complexity index is 535. The van der Waals surface area contributed by atoms with Gasteiger partial charge in [0.25, 0.3) is 10.2 Å². The molecule has 0 radical (unpaired) electrons. The third kappa shape index (κ3) is 5.98. The SMILES string of the molecule is COCC(O)CNS(=O)(=O)N(C)Cc1cccc(OC)c1. The summed E-state index contributed by atoms with van der Waals surface area (Å²) in [5.41, 5.74) is 0.805. The molecule has 1 aromatic carbocycles. The van der Waals surface area contributed by atoms with Crippen molar-refractivity contribution < 1.29 is 23.0 Å². The fourth-order valence-corrected chi connectivity index (χ4v) is 2.62. The smallest absolute Gasteiger partial charge is 0.279 e. The number of hydrogen-bond donors (Lipinski definition) is 2. The van der Waals surface area contributed by atoms with E-state index in [-0.39, 0.29) is 19.7 Å². The van der Waals surface area contributed by atoms with Crippen molar-refractivity contribution in [2.75, 3.05) is 34.4 Å². The Morgan fingerprint density at radius 3 is 2.71 bits per heavy atom. The summed E-state index contributed by atoms with van der Waals surface area (Å²) in [6.07, 6.45) is -0.880. The number of ether oxygens (including phenoxy) is 2. The zero-order valence-corrected chi connectivity index (χ0v) is 13.3. The molecule has 0 spiro atoms. The lowest BCUT2D eigenvalue weighted by Gasteiger charge is -2.19. The first-order valence-electron chi connectivity index (χ1n) is 6.40. The van der Waals surface area contributed by atoms with Crippen LogP contribution >= 0.6 is 0 Å². The molecule has 1 unspecified atom stereocenters. The predicted molar refractivity (Wildman–Crippen MR) is 79.3 cm³/mol. The van der Waals surface area contributed by atoms with E-state index in [0.717, 1.165) is 5.56 Å². The summed E-state index contributed by atoms with van der Waals surface area (Å²) < 4.78 is 37.4. The fourth-order valence-electron chi connectivity index (χ4n) is 1.68. The molecule has 1 rings (SSSR count). The van der Waals surface area contributed by atoms with Crippen LogP contribution in [-0.4, -0.2) is 58.4 Å². The molecule has 8 heteroatoms. The van der Waals surface area contributed by atoms with Gasteiger partial charge in [-0.25, -0.2) is 0 Å². The van der Waals surface area contributed by atoms with Crippen LogP contribution in [0.2, 0.25) is 0 Å². The lowest BCUT2D eigenvalue weighted by Crippen LogP contribution is -2.42. The molecule has 0 aliphatic carbocycles. The highest BCUT2D eigenvalue weighted by Crippen LogP contribution is 2.14. The minimum atomic E-state index is -3.66. The molecule has 2 N–H and O–H groups in total. The third-order valence-electron chi connectivity index (χ3n) is 2.81. The van der Waals surface area contributed by atoms with Crippen LogP contribution in [0.4, 0.5) is 0 Å². The maximum absolute atomic E-state index is 12.0. The third-order valence-corrected chi connectivity index (χ3v) is 4.29. The maximum Gasteiger partial charge on any atom is 0.279 e. The van der Waals surface area contributed by atoms with Gasteiger partial charge in [-0.3, -0.25) is 0 Å². The van der Waals surface area contributed by atoms with Crippen molar-refractivity contribution in [2.45, 2.75) is 12.6 Å². The Morgan fingerprint density at radius 2 is 2.10 bits per heavy atom. The van der Waals surface area contributed by atoms with E-state index in [1.54, 1.807) is 25.3 Å². The summed E-state index contributed by atoms with van der Waals surface area (Å²) in [6, 6.07) is 7.17. The highest BCUT2D eigenvalue weighted by Gasteiger charge is 2.19. The minimum absolute atomic E-state index is 0.0715. The van der Waals surface area contributed by atoms with E-state index in [9.17, 15) is 13.5 Å². The first kappa shape index (κ1) is 17.9. The standard InChI is InChI=1S/C13H22N2O5S/c1-15(9-11-5-4-6-13(7-11)20-3)21(17,18)14-8-12(16)10-19-2/h4-7,12,14,16H,8-10H2,1-3H3. The molecule has 0 bridgehead atoms. The average Bonchev–Trinajstić information content (AvgIpc) is 2.45. The van der Waals surface area contributed by atoms with Gasteiger partial charge in [-0.15, -0.1) is 0 Å². The zero-order valence-electron chi connectivity index (χ0n) is 12.4. The molecule has 0 saturated carbocycles. The van der Waals surface area contributed by atoms with Crippen molar-refractivity contribution in [3.63, 3.8) is 0 Å². The van der Waals surface area contributed by atoms with Crippen molar-refractivity contribution in [3.05, 3.63) is 29.8 Å². The van der Waals surface area contributed by atoms with Crippen molar-refractivity contribution in [3.8, 4) is 5.75 Å². The van der Waals surface area contributed by atoms with E-state index in [2.05, 4.69) is 4.72 Å². The maximum atomic E-state index is 12.0. The van der Waals surface area contributed by atoms with Crippen LogP contribution in [0.15, 0.2) is 24.3 Å². The second-order valence-corrected chi connectivity index (χ2v) is 6.43. The van der Waals surface area contributed by atoms with Crippen molar-refractivity contribution >= 4 is 10.2 Å². The van der Waals surface area contributed by atoms with E-state index in [4.69, 9.17) is 9.47 Å². The van der Waals surface area contributed by atoms with Crippen LogP contribution in [0.1, 0.15) is 5.56 Å². The lowest BCUT2D eigenvalue weighted by molar-refractivity contribution is 0.0677. The Hall–Kier alpha value is -1.19. The molecule has 7 nitrogen and oxygen atoms in total. The van der Waals surface area contributed by atoms with Crippen LogP contribution < -0.4 is 9.46 Å². The number of benzene rings is 1. The summed E-state index contributed by atoms with van der Waals surface area (Å²) in [4.78, 5) is 0. The zero-order chi connectivity index (χ0) is 15.9. The van der Waals surface area contributed by atoms with Gasteiger partial charge < -0.3 is 14.6 Å². The van der Waals surface area contributed by atoms with Crippen LogP contribution in [0.5, 0.6) is 5.75 Å². The van der Waals surface area contributed by atoms with E-state index in [1.165, 1.54) is 18.5 Å². The summed E-state index contributed by atoms with van der Waals surface area (Å²) in [7, 11) is 0.789. The number of aliphatic hydroxyl groups excluding tert-OH is 1. The average molecular weight is 318 g/mol. The summed E-state index contributed by atoms with van der Waals surface area (Å²) in [5.74, 6) is 0.668. The molecule has 0 aliphatic heterocycles. The van der Waals surface area contributed by atoms with Gasteiger partial charge in [0.15, 0.2) is 0 Å². The largest absolute Gasteiger partial charge is 0.497 e. The van der Waals surface area contributed by atoms with Gasteiger partial charge >= 0.3 is 0 Å². The molecular weight excluding hydrogens is 296 g/mol. The molecule has 1 aromatic rings. The molecule has 0 heterocycles. The lowest BCUT2D eigenvalue weighted by atomic mass is 10.2. The fraction of sp³-hybridized carbons (Fsp3) is 0.538. The van der Waals surface area contributed by atoms with Gasteiger partial charge in [-0.1, -0.05) is 12.1 Å². The normalized spacial score (nSPS) is 13.4. The topological polar surface area (TPSA) is 88.1 Å². The van der Waals surface area contributed by atoms with E-state index in [1.807, 2.05) is 6.07 Å². The summed E-state index contributed by atoms with van der Waals surface area (Å²) in [6.45, 7) is 0.174. The second kappa shape index (κ2) is 8.30. The molecule has 1 atom stereocenters. The van der Waals surface area contributed by atoms with Gasteiger partial charge in [0.1, 0.15) is 5.75 Å². The number of nitrogens with zero attached hydrogens (tertiary/aromatic N) is 1. The molecular formula is C13H22N2O5S. The Balaban J connectivity index is 2.61. The predicted octanol–water partition coefficient (Wildman–Crippen LogP) is -0.0313. The van der Waals surface area contributed by atoms with E-state index >= 15 is 0 Å². The first-order chi connectivity index (χ1) is 9.89. The van der Waals surface area contributed by atoms with Crippen molar-refractivity contribution in [2.24, 2.45) is 0 Å². The van der Waals surface area contributed by atoms with Crippen LogP contribution in [-0.2, 0) is 21.5 Å². The Morgan fingerprint density at radius 1 is 1.38 bits per heavy atom. The molecule has 0 aliphatic rings. The van der Waals surface area contributed by atoms with Gasteiger partial charge in [-0.2, -0.15) is 17.4 Å². The number of rotatable bonds is 9. The molecule has 0 saturated heterocycles. The number of aliphatic hydroxyl groups is 1. The highest BCUT2D eigenvalue weighted by molar-refractivity contribution is 7.87. The number of hydrogen-bond acceptors (Lipinski definition) is 5. The Labute approximate surface area is 125 Å². The summed E-state index contributed by atoms with van der Waals surface area (Å²) >= 11 is 0. The van der Waals surface area contributed by atoms with Gasteiger partial charge in [0.05, 0.1) is 19.8 Å². The number of methoxy groups -OCH3 is 2. The monoisotopic (exact) mass is 318 g/mol. The van der Waals surface area contributed by atoms with Crippen LogP contribution in [0, 0.1) is 0 Å². The number of nitrogens with one attached hydrogen (secondary N) is 1. The van der Waals surface area contributed by atoms with Gasteiger partial charge in [0.2, 0.25) is 0 Å². The van der Waals surface area contributed by atoms with Crippen molar-refractivity contribution in [1.29, 1.82) is 0 Å². The Kier molecular flexibility index (Phi) is 7.06. The highest BCUT2D eigenvalue weighted by atomic mass is 32.2. The quantitative estimate of drug-likeness (QED) is 0.667. The van der Waals surface area contributed by atoms with Gasteiger partial charge in [-0.05, 0) is 17.7 Å². The second-order valence-electron chi connectivity index (χ2n) is 4.57. The van der Waals surface area contributed by atoms with Gasteiger partial charge in [0, 0.05) is 27.2 Å². The molecule has 0 amide bonds. The molecule has 0 aromatic heterocycles. The first-order valence-corrected chi connectivity index (χ1v) is 7.84. The minimum Gasteiger partial charge on any atom is -0.497 e. The van der Waals surface area contributed by atoms with Crippen LogP contribution in [0.25, 0.3) is 0 Å². The van der Waals surface area contributed by atoms with E-state index < -0.39 is 16.3 Å². The van der Waals surface area contributed by atoms with Crippen LogP contribution in [0.3, 0.4) is 0 Å². The van der Waals surface area contributed by atoms with Crippen molar-refractivity contribution in [1.82, 2.24) is 9.03 Å².